The van der Waals surface area contributed by atoms with Gasteiger partial charge in [0.1, 0.15) is 0 Å². The van der Waals surface area contributed by atoms with E-state index in [9.17, 15) is 4.79 Å². The maximum absolute atomic E-state index is 12.4. The van der Waals surface area contributed by atoms with E-state index in [1.807, 2.05) is 43.3 Å². The molecule has 1 N–H and O–H groups in total. The predicted octanol–water partition coefficient (Wildman–Crippen LogP) is 4.89. The Morgan fingerprint density at radius 1 is 1.31 bits per heavy atom. The molecule has 1 heterocycles. The van der Waals surface area contributed by atoms with Gasteiger partial charge in [0, 0.05) is 49.2 Å². The molecule has 1 aliphatic heterocycles. The van der Waals surface area contributed by atoms with Crippen LogP contribution in [0.15, 0.2) is 41.5 Å². The van der Waals surface area contributed by atoms with Crippen molar-refractivity contribution in [3.63, 3.8) is 0 Å². The zero-order chi connectivity index (χ0) is 21.3. The van der Waals surface area contributed by atoms with Crippen LogP contribution < -0.4 is 15.2 Å². The van der Waals surface area contributed by atoms with Gasteiger partial charge in [0.05, 0.1) is 11.2 Å². The predicted molar refractivity (Wildman–Crippen MR) is 123 cm³/mol. The molecule has 6 heteroatoms. The summed E-state index contributed by atoms with van der Waals surface area (Å²) in [5, 5.41) is 4.76. The number of halogens is 1. The van der Waals surface area contributed by atoms with Gasteiger partial charge < -0.3 is 9.80 Å². The van der Waals surface area contributed by atoms with E-state index in [-0.39, 0.29) is 11.4 Å². The van der Waals surface area contributed by atoms with Crippen LogP contribution >= 0.6 is 11.6 Å². The molecule has 29 heavy (non-hydrogen) atoms. The van der Waals surface area contributed by atoms with Crippen molar-refractivity contribution in [1.29, 1.82) is 0 Å². The van der Waals surface area contributed by atoms with E-state index in [0.29, 0.717) is 16.5 Å². The molecule has 1 unspecified atom stereocenters. The number of hydrogen-bond donors (Lipinski definition) is 1. The van der Waals surface area contributed by atoms with Gasteiger partial charge >= 0.3 is 0 Å². The number of amides is 1. The molecule has 0 saturated carbocycles. The van der Waals surface area contributed by atoms with Gasteiger partial charge in [0.25, 0.3) is 5.91 Å². The van der Waals surface area contributed by atoms with Crippen molar-refractivity contribution in [3.8, 4) is 0 Å². The minimum Gasteiger partial charge on any atom is -0.378 e. The second-order valence-corrected chi connectivity index (χ2v) is 8.96. The summed E-state index contributed by atoms with van der Waals surface area (Å²) in [7, 11) is 5.98. The second-order valence-electron chi connectivity index (χ2n) is 8.55. The van der Waals surface area contributed by atoms with Gasteiger partial charge in [-0.05, 0) is 62.1 Å². The number of carbonyl (C=O) groups is 1. The van der Waals surface area contributed by atoms with Crippen LogP contribution in [0.5, 0.6) is 0 Å². The summed E-state index contributed by atoms with van der Waals surface area (Å²) in [6.07, 6.45) is 2.68. The topological polar surface area (TPSA) is 47.9 Å². The molecule has 0 bridgehead atoms. The summed E-state index contributed by atoms with van der Waals surface area (Å²) in [6.45, 7) is 6.73. The number of nitrogens with zero attached hydrogens (tertiary/aromatic N) is 3. The van der Waals surface area contributed by atoms with Crippen molar-refractivity contribution in [3.05, 3.63) is 58.1 Å². The summed E-state index contributed by atoms with van der Waals surface area (Å²) in [5.41, 5.74) is 7.40. The molecular formula is C23H29ClN4O. The lowest BCUT2D eigenvalue weighted by atomic mass is 9.80. The third-order valence-electron chi connectivity index (χ3n) is 5.75. The quantitative estimate of drug-likeness (QED) is 0.574. The van der Waals surface area contributed by atoms with Gasteiger partial charge in [-0.2, -0.15) is 5.10 Å². The van der Waals surface area contributed by atoms with Crippen molar-refractivity contribution in [2.45, 2.75) is 38.6 Å². The maximum Gasteiger partial charge on any atom is 0.271 e. The fourth-order valence-electron chi connectivity index (χ4n) is 3.85. The molecule has 0 aromatic heterocycles. The third kappa shape index (κ3) is 4.40. The van der Waals surface area contributed by atoms with Crippen LogP contribution in [0.25, 0.3) is 0 Å². The first-order chi connectivity index (χ1) is 13.6. The fourth-order valence-corrected chi connectivity index (χ4v) is 4.06. The Morgan fingerprint density at radius 3 is 2.72 bits per heavy atom. The number of hydrogen-bond acceptors (Lipinski definition) is 4. The van der Waals surface area contributed by atoms with E-state index in [0.717, 1.165) is 23.4 Å². The molecule has 1 atom stereocenters. The number of benzene rings is 2. The zero-order valence-electron chi connectivity index (χ0n) is 18.0. The van der Waals surface area contributed by atoms with Crippen LogP contribution in [0.4, 0.5) is 11.4 Å². The normalized spacial score (nSPS) is 17.9. The standard InChI is InChI=1S/C23H29ClN4O/c1-15-13-23(2,3)28(6)21-12-20(24)17(11-19(15)21)14-25-26-22(29)16-8-7-9-18(10-16)27(4)5/h7-12,14-15H,13H2,1-6H3,(H,26,29)/b25-14-. The lowest BCUT2D eigenvalue weighted by Gasteiger charge is -2.45. The molecule has 0 radical (unpaired) electrons. The number of fused-ring (bicyclic) bond motifs is 1. The first kappa shape index (κ1) is 21.2. The van der Waals surface area contributed by atoms with Crippen molar-refractivity contribution in [2.24, 2.45) is 5.10 Å². The van der Waals surface area contributed by atoms with Crippen LogP contribution in [0, 0.1) is 0 Å². The smallest absolute Gasteiger partial charge is 0.271 e. The second kappa shape index (κ2) is 8.07. The minimum absolute atomic E-state index is 0.0838. The van der Waals surface area contributed by atoms with E-state index in [1.54, 1.807) is 12.3 Å². The molecule has 5 nitrogen and oxygen atoms in total. The van der Waals surface area contributed by atoms with E-state index in [4.69, 9.17) is 11.6 Å². The monoisotopic (exact) mass is 412 g/mol. The van der Waals surface area contributed by atoms with E-state index in [2.05, 4.69) is 49.3 Å². The van der Waals surface area contributed by atoms with Gasteiger partial charge in [-0.25, -0.2) is 5.43 Å². The SMILES string of the molecule is CC1CC(C)(C)N(C)c2cc(Cl)c(/C=N\NC(=O)c3cccc(N(C)C)c3)cc21. The van der Waals surface area contributed by atoms with E-state index in [1.165, 1.54) is 5.56 Å². The Morgan fingerprint density at radius 2 is 2.03 bits per heavy atom. The lowest BCUT2D eigenvalue weighted by Crippen LogP contribution is -2.45. The van der Waals surface area contributed by atoms with Crippen LogP contribution in [0.3, 0.4) is 0 Å². The van der Waals surface area contributed by atoms with Crippen molar-refractivity contribution >= 4 is 35.1 Å². The first-order valence-electron chi connectivity index (χ1n) is 9.78. The molecule has 0 fully saturated rings. The molecule has 154 valence electrons. The van der Waals surface area contributed by atoms with E-state index >= 15 is 0 Å². The molecule has 0 spiro atoms. The summed E-state index contributed by atoms with van der Waals surface area (Å²) in [4.78, 5) is 16.6. The third-order valence-corrected chi connectivity index (χ3v) is 6.07. The van der Waals surface area contributed by atoms with Crippen LogP contribution in [-0.2, 0) is 0 Å². The van der Waals surface area contributed by atoms with E-state index < -0.39 is 0 Å². The summed E-state index contributed by atoms with van der Waals surface area (Å²) < 4.78 is 0. The van der Waals surface area contributed by atoms with Gasteiger partial charge in [0.2, 0.25) is 0 Å². The number of hydrazone groups is 1. The van der Waals surface area contributed by atoms with Crippen molar-refractivity contribution < 1.29 is 4.79 Å². The highest BCUT2D eigenvalue weighted by Gasteiger charge is 2.34. The maximum atomic E-state index is 12.4. The summed E-state index contributed by atoms with van der Waals surface area (Å²) in [6, 6.07) is 11.5. The molecule has 2 aromatic carbocycles. The fraction of sp³-hybridized carbons (Fsp3) is 0.391. The zero-order valence-corrected chi connectivity index (χ0v) is 18.7. The van der Waals surface area contributed by atoms with Crippen LogP contribution in [0.2, 0.25) is 5.02 Å². The largest absolute Gasteiger partial charge is 0.378 e. The Hall–Kier alpha value is -2.53. The molecule has 3 rings (SSSR count). The highest BCUT2D eigenvalue weighted by molar-refractivity contribution is 6.33. The molecular weight excluding hydrogens is 384 g/mol. The van der Waals surface area contributed by atoms with Crippen LogP contribution in [-0.4, -0.2) is 38.8 Å². The molecule has 1 aliphatic rings. The number of nitrogens with one attached hydrogen (secondary N) is 1. The Bertz CT molecular complexity index is 952. The van der Waals surface area contributed by atoms with Gasteiger partial charge in [-0.15, -0.1) is 0 Å². The molecule has 0 aliphatic carbocycles. The Balaban J connectivity index is 1.79. The highest BCUT2D eigenvalue weighted by Crippen LogP contribution is 2.44. The van der Waals surface area contributed by atoms with Crippen molar-refractivity contribution in [2.75, 3.05) is 30.9 Å². The number of carbonyl (C=O) groups excluding carboxylic acids is 1. The van der Waals surface area contributed by atoms with Gasteiger partial charge in [-0.3, -0.25) is 4.79 Å². The first-order valence-corrected chi connectivity index (χ1v) is 10.2. The summed E-state index contributed by atoms with van der Waals surface area (Å²) >= 11 is 6.52. The molecule has 2 aromatic rings. The Kier molecular flexibility index (Phi) is 5.90. The Labute approximate surface area is 178 Å². The highest BCUT2D eigenvalue weighted by atomic mass is 35.5. The van der Waals surface area contributed by atoms with Gasteiger partial charge in [0.15, 0.2) is 0 Å². The summed E-state index contributed by atoms with van der Waals surface area (Å²) in [5.74, 6) is 0.165. The minimum atomic E-state index is -0.256. The average Bonchev–Trinajstić information content (AvgIpc) is 2.66. The van der Waals surface area contributed by atoms with Crippen LogP contribution in [0.1, 0.15) is 54.6 Å². The van der Waals surface area contributed by atoms with Crippen molar-refractivity contribution in [1.82, 2.24) is 5.43 Å². The number of rotatable bonds is 4. The van der Waals surface area contributed by atoms with Gasteiger partial charge in [-0.1, -0.05) is 24.6 Å². The molecule has 0 saturated heterocycles. The lowest BCUT2D eigenvalue weighted by molar-refractivity contribution is 0.0955. The average molecular weight is 413 g/mol. The molecule has 1 amide bonds. The number of anilines is 2.